The third-order valence-corrected chi connectivity index (χ3v) is 17.5. The number of amides is 4. The molecule has 2 aliphatic rings. The topological polar surface area (TPSA) is 154 Å². The summed E-state index contributed by atoms with van der Waals surface area (Å²) in [5.41, 5.74) is 17.9. The number of aromatic carboxylic acids is 1. The van der Waals surface area contributed by atoms with Crippen molar-refractivity contribution in [1.29, 1.82) is 0 Å². The molecule has 0 spiro atoms. The number of hydrogen-bond acceptors (Lipinski definition) is 5. The van der Waals surface area contributed by atoms with Crippen LogP contribution in [0.25, 0.3) is 0 Å². The van der Waals surface area contributed by atoms with E-state index in [0.717, 1.165) is 119 Å². The highest BCUT2D eigenvalue weighted by Crippen LogP contribution is 2.49. The molecule has 5 N–H and O–H groups in total. The number of hydrogen-bond donors (Lipinski definition) is 5. The smallest absolute Gasteiger partial charge is 0.335 e. The van der Waals surface area contributed by atoms with E-state index in [1.54, 1.807) is 36.4 Å². The number of benzene rings is 7. The van der Waals surface area contributed by atoms with Gasteiger partial charge in [-0.1, -0.05) is 132 Å². The molecule has 0 aromatic heterocycles. The van der Waals surface area contributed by atoms with Crippen LogP contribution in [0.4, 0.5) is 22.7 Å². The fraction of sp³-hybridized carbons (Fsp3) is 0.338. The fourth-order valence-corrected chi connectivity index (χ4v) is 13.0. The van der Waals surface area contributed by atoms with Crippen molar-refractivity contribution >= 4 is 52.3 Å². The first-order valence-electron chi connectivity index (χ1n) is 28.7. The van der Waals surface area contributed by atoms with Crippen LogP contribution in [0, 0.1) is 55.4 Å². The Hall–Kier alpha value is -8.11. The highest BCUT2D eigenvalue weighted by atomic mass is 16.4. The van der Waals surface area contributed by atoms with Gasteiger partial charge in [0.2, 0.25) is 0 Å². The zero-order chi connectivity index (χ0) is 58.1. The van der Waals surface area contributed by atoms with Gasteiger partial charge in [0.05, 0.1) is 5.56 Å². The molecule has 7 aromatic carbocycles. The van der Waals surface area contributed by atoms with Gasteiger partial charge in [-0.25, -0.2) is 4.79 Å². The summed E-state index contributed by atoms with van der Waals surface area (Å²) < 4.78 is 0. The zero-order valence-electron chi connectivity index (χ0n) is 49.1. The minimum Gasteiger partial charge on any atom is -0.478 e. The Balaban J connectivity index is 0.908. The van der Waals surface area contributed by atoms with Gasteiger partial charge >= 0.3 is 5.97 Å². The summed E-state index contributed by atoms with van der Waals surface area (Å²) in [6.45, 7) is 22.8. The van der Waals surface area contributed by atoms with E-state index in [-0.39, 0.29) is 51.0 Å². The van der Waals surface area contributed by atoms with E-state index in [4.69, 9.17) is 0 Å². The normalized spacial score (nSPS) is 14.9. The lowest BCUT2D eigenvalue weighted by atomic mass is 9.64. The van der Waals surface area contributed by atoms with Crippen LogP contribution in [0.5, 0.6) is 0 Å². The van der Waals surface area contributed by atoms with Crippen molar-refractivity contribution in [2.24, 2.45) is 0 Å². The Morgan fingerprint density at radius 3 is 0.889 bits per heavy atom. The molecule has 0 radical (unpaired) electrons. The summed E-state index contributed by atoms with van der Waals surface area (Å²) >= 11 is 0. The van der Waals surface area contributed by atoms with Gasteiger partial charge in [0.25, 0.3) is 23.6 Å². The van der Waals surface area contributed by atoms with Crippen LogP contribution in [-0.4, -0.2) is 34.7 Å². The van der Waals surface area contributed by atoms with Crippen molar-refractivity contribution in [3.05, 3.63) is 221 Å². The molecular weight excluding hydrogens is 1000 g/mol. The van der Waals surface area contributed by atoms with Crippen molar-refractivity contribution in [3.8, 4) is 0 Å². The summed E-state index contributed by atoms with van der Waals surface area (Å²) in [7, 11) is 0. The van der Waals surface area contributed by atoms with Crippen LogP contribution in [-0.2, 0) is 16.2 Å². The molecule has 418 valence electrons. The molecule has 0 atom stereocenters. The largest absolute Gasteiger partial charge is 0.478 e. The Morgan fingerprint density at radius 1 is 0.358 bits per heavy atom. The highest BCUT2D eigenvalue weighted by Gasteiger charge is 2.39. The van der Waals surface area contributed by atoms with Crippen LogP contribution in [0.15, 0.2) is 121 Å². The van der Waals surface area contributed by atoms with E-state index >= 15 is 0 Å². The van der Waals surface area contributed by atoms with Gasteiger partial charge in [0.15, 0.2) is 0 Å². The average molecular weight is 1080 g/mol. The molecule has 4 amide bonds. The first-order chi connectivity index (χ1) is 38.5. The summed E-state index contributed by atoms with van der Waals surface area (Å²) in [5, 5.41) is 22.2. The molecule has 7 aromatic rings. The van der Waals surface area contributed by atoms with Gasteiger partial charge in [-0.2, -0.15) is 0 Å². The van der Waals surface area contributed by atoms with Gasteiger partial charge in [-0.3, -0.25) is 19.2 Å². The maximum atomic E-state index is 14.2. The molecule has 2 saturated carbocycles. The maximum Gasteiger partial charge on any atom is 0.335 e. The molecule has 0 aliphatic heterocycles. The van der Waals surface area contributed by atoms with Gasteiger partial charge < -0.3 is 26.4 Å². The number of carboxylic acids is 1. The summed E-state index contributed by atoms with van der Waals surface area (Å²) in [6, 6.07) is 38.5. The minimum atomic E-state index is -1.09. The second-order valence-corrected chi connectivity index (χ2v) is 24.3. The van der Waals surface area contributed by atoms with Crippen LogP contribution in [0.2, 0.25) is 0 Å². The van der Waals surface area contributed by atoms with Gasteiger partial charge in [0, 0.05) is 55.8 Å². The van der Waals surface area contributed by atoms with E-state index in [1.807, 2.05) is 52.0 Å². The standard InChI is InChI=1S/C71H78N4O6/c1-42-32-56(33-43(2)60(42)72-64(76)50-24-26-55(27-25-50)69(9,10)11)70(28-14-12-15-29-70)57-34-44(3)61(45(4)35-57)73-65(77)51-20-18-21-52(40-51)66(78)74-62-46(5)36-58(37-47(62)6)71(30-16-13-17-31-71)59-38-48(7)63(49(8)39-59)75-67(79)53-22-19-23-54(41-53)68(80)81/h18-27,32-41H,12-17,28-31H2,1-11H3,(H,72,76)(H,73,77)(H,74,78)(H,75,79)(H,80,81). The number of nitrogens with one attached hydrogen (secondary N) is 4. The lowest BCUT2D eigenvalue weighted by Crippen LogP contribution is -2.31. The van der Waals surface area contributed by atoms with Crippen molar-refractivity contribution < 1.29 is 29.1 Å². The molecule has 10 heteroatoms. The van der Waals surface area contributed by atoms with Crippen molar-refractivity contribution in [1.82, 2.24) is 0 Å². The summed E-state index contributed by atoms with van der Waals surface area (Å²) in [6.07, 6.45) is 10.6. The molecule has 2 aliphatic carbocycles. The molecule has 81 heavy (non-hydrogen) atoms. The lowest BCUT2D eigenvalue weighted by Gasteiger charge is -2.40. The molecule has 9 rings (SSSR count). The van der Waals surface area contributed by atoms with E-state index in [2.05, 4.69) is 118 Å². The highest BCUT2D eigenvalue weighted by molar-refractivity contribution is 6.10. The third-order valence-electron chi connectivity index (χ3n) is 17.5. The summed E-state index contributed by atoms with van der Waals surface area (Å²) in [4.78, 5) is 66.9. The number of anilines is 4. The predicted molar refractivity (Wildman–Crippen MR) is 328 cm³/mol. The van der Waals surface area contributed by atoms with Crippen LogP contribution >= 0.6 is 0 Å². The second kappa shape index (κ2) is 23.2. The van der Waals surface area contributed by atoms with Gasteiger partial charge in [-0.15, -0.1) is 0 Å². The lowest BCUT2D eigenvalue weighted by molar-refractivity contribution is 0.0696. The maximum absolute atomic E-state index is 14.2. The Morgan fingerprint density at radius 2 is 0.617 bits per heavy atom. The molecule has 0 unspecified atom stereocenters. The zero-order valence-corrected chi connectivity index (χ0v) is 49.1. The van der Waals surface area contributed by atoms with Crippen LogP contribution in [0.3, 0.4) is 0 Å². The van der Waals surface area contributed by atoms with Crippen LogP contribution in [0.1, 0.15) is 209 Å². The first-order valence-corrected chi connectivity index (χ1v) is 28.7. The number of aryl methyl sites for hydroxylation is 8. The number of carboxylic acid groups (broad SMARTS) is 1. The fourth-order valence-electron chi connectivity index (χ4n) is 13.0. The molecule has 0 heterocycles. The third kappa shape index (κ3) is 11.9. The molecule has 10 nitrogen and oxygen atoms in total. The number of rotatable bonds is 13. The predicted octanol–water partition coefficient (Wildman–Crippen LogP) is 16.7. The number of carbonyl (C=O) groups excluding carboxylic acids is 4. The first kappa shape index (κ1) is 57.6. The second-order valence-electron chi connectivity index (χ2n) is 24.3. The Labute approximate surface area is 478 Å². The van der Waals surface area contributed by atoms with Crippen molar-refractivity contribution in [3.63, 3.8) is 0 Å². The molecule has 0 bridgehead atoms. The molecule has 2 fully saturated rings. The SMILES string of the molecule is Cc1cc(C2(c3cc(C)c(NC(=O)c4cccc(C(=O)Nc5c(C)cc(C6(c7cc(C)c(NC(=O)c8cccc(C(=O)O)c8)c(C)c7)CCCCC6)cc5C)c4)c(C)c3)CCCCC2)cc(C)c1NC(=O)c1ccc(C(C)(C)C)cc1. The van der Waals surface area contributed by atoms with E-state index in [0.29, 0.717) is 22.4 Å². The monoisotopic (exact) mass is 1080 g/mol. The quantitative estimate of drug-likeness (QED) is 0.0775. The van der Waals surface area contributed by atoms with E-state index < -0.39 is 5.97 Å². The van der Waals surface area contributed by atoms with Crippen LogP contribution < -0.4 is 21.3 Å². The Bertz CT molecular complexity index is 3530. The summed E-state index contributed by atoms with van der Waals surface area (Å²) in [5.74, 6) is -2.19. The molecule has 0 saturated heterocycles. The molecular formula is C71H78N4O6. The van der Waals surface area contributed by atoms with E-state index in [9.17, 15) is 29.1 Å². The average Bonchev–Trinajstić information content (AvgIpc) is 3.62. The minimum absolute atomic E-state index is 0.000726. The van der Waals surface area contributed by atoms with Gasteiger partial charge in [-0.05, 0) is 207 Å². The Kier molecular flexibility index (Phi) is 16.5. The van der Waals surface area contributed by atoms with E-state index in [1.165, 1.54) is 46.4 Å². The van der Waals surface area contributed by atoms with Crippen molar-refractivity contribution in [2.75, 3.05) is 21.3 Å². The van der Waals surface area contributed by atoms with Gasteiger partial charge in [0.1, 0.15) is 0 Å². The van der Waals surface area contributed by atoms with Crippen molar-refractivity contribution in [2.45, 2.75) is 157 Å². The number of carbonyl (C=O) groups is 5.